The van der Waals surface area contributed by atoms with Gasteiger partial charge in [0.2, 0.25) is 0 Å². The maximum absolute atomic E-state index is 5.99. The van der Waals surface area contributed by atoms with Gasteiger partial charge in [0.05, 0.1) is 6.10 Å². The second kappa shape index (κ2) is 9.76. The first-order chi connectivity index (χ1) is 8.83. The summed E-state index contributed by atoms with van der Waals surface area (Å²) in [5, 5.41) is 3.73. The van der Waals surface area contributed by atoms with Crippen LogP contribution in [0.5, 0.6) is 0 Å². The monoisotopic (exact) mass is 257 g/mol. The van der Waals surface area contributed by atoms with Crippen molar-refractivity contribution in [1.29, 1.82) is 0 Å². The molecule has 1 N–H and O–H groups in total. The van der Waals surface area contributed by atoms with Crippen LogP contribution in [0.1, 0.15) is 52.9 Å². The third-order valence-electron chi connectivity index (χ3n) is 3.76. The predicted octanol–water partition coefficient (Wildman–Crippen LogP) is 2.99. The average Bonchev–Trinajstić information content (AvgIpc) is 2.41. The summed E-state index contributed by atoms with van der Waals surface area (Å²) >= 11 is 0. The van der Waals surface area contributed by atoms with Gasteiger partial charge in [0.1, 0.15) is 0 Å². The second-order valence-electron chi connectivity index (χ2n) is 5.21. The van der Waals surface area contributed by atoms with Crippen LogP contribution in [-0.4, -0.2) is 38.5 Å². The maximum atomic E-state index is 5.99. The largest absolute Gasteiger partial charge is 0.381 e. The van der Waals surface area contributed by atoms with Crippen LogP contribution >= 0.6 is 0 Å². The summed E-state index contributed by atoms with van der Waals surface area (Å²) in [6, 6.07) is 0.508. The van der Waals surface area contributed by atoms with Gasteiger partial charge >= 0.3 is 0 Å². The molecule has 2 unspecified atom stereocenters. The molecule has 0 radical (unpaired) electrons. The van der Waals surface area contributed by atoms with Crippen molar-refractivity contribution in [3.63, 3.8) is 0 Å². The van der Waals surface area contributed by atoms with E-state index in [4.69, 9.17) is 9.47 Å². The number of ether oxygens (including phenoxy) is 2. The van der Waals surface area contributed by atoms with Crippen molar-refractivity contribution < 1.29 is 9.47 Å². The highest BCUT2D eigenvalue weighted by molar-refractivity contribution is 4.85. The van der Waals surface area contributed by atoms with Gasteiger partial charge < -0.3 is 14.8 Å². The second-order valence-corrected chi connectivity index (χ2v) is 5.21. The number of hydrogen-bond donors (Lipinski definition) is 1. The molecule has 1 aliphatic heterocycles. The van der Waals surface area contributed by atoms with Gasteiger partial charge in [-0.05, 0) is 45.1 Å². The zero-order chi connectivity index (χ0) is 13.2. The normalized spacial score (nSPS) is 20.8. The van der Waals surface area contributed by atoms with Gasteiger partial charge in [-0.15, -0.1) is 0 Å². The molecule has 0 bridgehead atoms. The van der Waals surface area contributed by atoms with Crippen LogP contribution in [-0.2, 0) is 9.47 Å². The van der Waals surface area contributed by atoms with E-state index in [1.165, 1.54) is 25.7 Å². The standard InChI is InChI=1S/C15H31NO2/c1-4-7-14(18-6-3)15(16-10-5-2)13-8-11-17-12-9-13/h13-16H,4-12H2,1-3H3. The Hall–Kier alpha value is -0.120. The minimum atomic E-state index is 0.370. The summed E-state index contributed by atoms with van der Waals surface area (Å²) in [5.41, 5.74) is 0. The Bertz CT molecular complexity index is 187. The van der Waals surface area contributed by atoms with Crippen LogP contribution in [0, 0.1) is 5.92 Å². The fourth-order valence-corrected chi connectivity index (χ4v) is 2.85. The molecule has 18 heavy (non-hydrogen) atoms. The molecule has 0 aliphatic carbocycles. The van der Waals surface area contributed by atoms with Gasteiger partial charge in [-0.3, -0.25) is 0 Å². The third kappa shape index (κ3) is 5.25. The van der Waals surface area contributed by atoms with Crippen LogP contribution < -0.4 is 5.32 Å². The van der Waals surface area contributed by atoms with E-state index >= 15 is 0 Å². The SMILES string of the molecule is CCCNC(C1CCOCC1)C(CCC)OCC. The first-order valence-corrected chi connectivity index (χ1v) is 7.76. The van der Waals surface area contributed by atoms with E-state index in [1.54, 1.807) is 0 Å². The Balaban J connectivity index is 2.59. The van der Waals surface area contributed by atoms with Crippen LogP contribution in [0.15, 0.2) is 0 Å². The molecule has 3 nitrogen and oxygen atoms in total. The first kappa shape index (κ1) is 15.9. The summed E-state index contributed by atoms with van der Waals surface area (Å²) in [4.78, 5) is 0. The maximum Gasteiger partial charge on any atom is 0.0730 e. The van der Waals surface area contributed by atoms with Crippen LogP contribution in [0.3, 0.4) is 0 Å². The number of rotatable bonds is 9. The van der Waals surface area contributed by atoms with E-state index in [2.05, 4.69) is 26.1 Å². The summed E-state index contributed by atoms with van der Waals surface area (Å²) in [5.74, 6) is 0.716. The molecular weight excluding hydrogens is 226 g/mol. The molecule has 108 valence electrons. The minimum Gasteiger partial charge on any atom is -0.381 e. The molecule has 1 heterocycles. The van der Waals surface area contributed by atoms with Crippen molar-refractivity contribution in [1.82, 2.24) is 5.32 Å². The lowest BCUT2D eigenvalue weighted by Gasteiger charge is -2.36. The number of hydrogen-bond acceptors (Lipinski definition) is 3. The summed E-state index contributed by atoms with van der Waals surface area (Å²) in [6.07, 6.45) is 6.26. The van der Waals surface area contributed by atoms with Crippen LogP contribution in [0.25, 0.3) is 0 Å². The lowest BCUT2D eigenvalue weighted by molar-refractivity contribution is -0.0160. The van der Waals surface area contributed by atoms with Gasteiger partial charge in [-0.25, -0.2) is 0 Å². The van der Waals surface area contributed by atoms with Gasteiger partial charge in [-0.1, -0.05) is 20.3 Å². The molecule has 0 saturated carbocycles. The Labute approximate surface area is 113 Å². The topological polar surface area (TPSA) is 30.5 Å². The molecule has 1 aliphatic rings. The Morgan fingerprint density at radius 2 is 1.89 bits per heavy atom. The molecule has 1 fully saturated rings. The van der Waals surface area contributed by atoms with Crippen LogP contribution in [0.4, 0.5) is 0 Å². The highest BCUT2D eigenvalue weighted by Gasteiger charge is 2.30. The molecule has 0 amide bonds. The van der Waals surface area contributed by atoms with Crippen molar-refractivity contribution in [3.05, 3.63) is 0 Å². The van der Waals surface area contributed by atoms with Crippen molar-refractivity contribution in [3.8, 4) is 0 Å². The molecule has 1 saturated heterocycles. The fourth-order valence-electron chi connectivity index (χ4n) is 2.85. The molecule has 3 heteroatoms. The average molecular weight is 257 g/mol. The van der Waals surface area contributed by atoms with E-state index in [0.29, 0.717) is 18.1 Å². The van der Waals surface area contributed by atoms with E-state index < -0.39 is 0 Å². The zero-order valence-electron chi connectivity index (χ0n) is 12.4. The van der Waals surface area contributed by atoms with Gasteiger partial charge in [-0.2, -0.15) is 0 Å². The summed E-state index contributed by atoms with van der Waals surface area (Å²) in [6.45, 7) is 10.3. The van der Waals surface area contributed by atoms with Gasteiger partial charge in [0.25, 0.3) is 0 Å². The summed E-state index contributed by atoms with van der Waals surface area (Å²) < 4.78 is 11.5. The Morgan fingerprint density at radius 1 is 1.17 bits per heavy atom. The van der Waals surface area contributed by atoms with Crippen molar-refractivity contribution in [2.24, 2.45) is 5.92 Å². The van der Waals surface area contributed by atoms with E-state index in [1.807, 2.05) is 0 Å². The minimum absolute atomic E-state index is 0.370. The summed E-state index contributed by atoms with van der Waals surface area (Å²) in [7, 11) is 0. The quantitative estimate of drug-likeness (QED) is 0.689. The fraction of sp³-hybridized carbons (Fsp3) is 1.00. The van der Waals surface area contributed by atoms with E-state index in [9.17, 15) is 0 Å². The lowest BCUT2D eigenvalue weighted by atomic mass is 9.86. The van der Waals surface area contributed by atoms with Crippen molar-refractivity contribution in [2.45, 2.75) is 65.0 Å². The first-order valence-electron chi connectivity index (χ1n) is 7.76. The van der Waals surface area contributed by atoms with E-state index in [-0.39, 0.29) is 0 Å². The Morgan fingerprint density at radius 3 is 2.44 bits per heavy atom. The molecular formula is C15H31NO2. The third-order valence-corrected chi connectivity index (χ3v) is 3.76. The molecule has 0 aromatic heterocycles. The molecule has 0 aromatic rings. The highest BCUT2D eigenvalue weighted by Crippen LogP contribution is 2.24. The zero-order valence-corrected chi connectivity index (χ0v) is 12.4. The smallest absolute Gasteiger partial charge is 0.0730 e. The van der Waals surface area contributed by atoms with Gasteiger partial charge in [0.15, 0.2) is 0 Å². The van der Waals surface area contributed by atoms with Crippen molar-refractivity contribution >= 4 is 0 Å². The molecule has 0 spiro atoms. The lowest BCUT2D eigenvalue weighted by Crippen LogP contribution is -2.48. The van der Waals surface area contributed by atoms with Crippen LogP contribution in [0.2, 0.25) is 0 Å². The molecule has 2 atom stereocenters. The van der Waals surface area contributed by atoms with Crippen molar-refractivity contribution in [2.75, 3.05) is 26.4 Å². The predicted molar refractivity (Wildman–Crippen MR) is 75.9 cm³/mol. The number of nitrogens with one attached hydrogen (secondary N) is 1. The van der Waals surface area contributed by atoms with Gasteiger partial charge in [0, 0.05) is 25.9 Å². The highest BCUT2D eigenvalue weighted by atomic mass is 16.5. The van der Waals surface area contributed by atoms with E-state index in [0.717, 1.165) is 32.8 Å². The Kier molecular flexibility index (Phi) is 8.64. The molecule has 1 rings (SSSR count). The molecule has 0 aromatic carbocycles.